The molecule has 31 nitrogen and oxygen atoms in total. The van der Waals surface area contributed by atoms with Gasteiger partial charge in [-0.05, 0) is 300 Å². The minimum absolute atomic E-state index is 0.00945. The Hall–Kier alpha value is -10.6. The summed E-state index contributed by atoms with van der Waals surface area (Å²) in [6.45, 7) is 24.4. The predicted octanol–water partition coefficient (Wildman–Crippen LogP) is 19.2. The van der Waals surface area contributed by atoms with Crippen LogP contribution in [0.1, 0.15) is 220 Å². The molecule has 4 aliphatic carbocycles. The number of nitrogen functional groups attached to an aromatic ring is 1. The van der Waals surface area contributed by atoms with E-state index in [0.717, 1.165) is 166 Å². The minimum Gasteiger partial charge on any atom is -0.444 e. The van der Waals surface area contributed by atoms with Crippen LogP contribution in [0.5, 0.6) is 0 Å². The van der Waals surface area contributed by atoms with Crippen LogP contribution in [0.25, 0.3) is 0 Å². The fourth-order valence-corrected chi connectivity index (χ4v) is 16.5. The molecule has 4 aromatic carbocycles. The van der Waals surface area contributed by atoms with E-state index in [2.05, 4.69) is 98.7 Å². The van der Waals surface area contributed by atoms with E-state index in [1.54, 1.807) is 24.3 Å². The van der Waals surface area contributed by atoms with Crippen molar-refractivity contribution in [3.8, 4) is 12.1 Å². The topological polar surface area (TPSA) is 494 Å². The lowest BCUT2D eigenvalue weighted by Gasteiger charge is -2.34. The van der Waals surface area contributed by atoms with Crippen LogP contribution in [0, 0.1) is 50.4 Å². The second-order valence-corrected chi connectivity index (χ2v) is 37.0. The molecule has 4 heterocycles. The van der Waals surface area contributed by atoms with Crippen molar-refractivity contribution in [2.45, 2.75) is 264 Å². The van der Waals surface area contributed by atoms with E-state index in [0.29, 0.717) is 33.6 Å². The molecule has 8 atom stereocenters. The van der Waals surface area contributed by atoms with Crippen LogP contribution in [-0.2, 0) is 19.0 Å². The van der Waals surface area contributed by atoms with Gasteiger partial charge in [-0.2, -0.15) is 41.2 Å². The monoisotopic (exact) mass is 1860 g/mol. The van der Waals surface area contributed by atoms with Crippen molar-refractivity contribution < 1.29 is 66.7 Å². The SMILES string of the molecule is CC(C)(C)OC(=O)N[C@H]1CCCC[C@H]1Nc1ccc(C#N)c(Br)c1.Cc1cc(N)sn1.Cc1cc(Nc2cc(N[C@@H]3CCCC[C@@H]3N)ccc2C(N)=O)sn1.Cc1cc(Nc2cc(N[C@@H]3CCCC[C@@H]3NC(=O)OC(C)(C)C)ccc2C#N)sn1.Cc1cc(Nc2cc(N[C@@H]3CCCC[C@@H]3NC(=O)OC(C)(C)C)ccc2C(N)=O)sn1.O=CC(F)(F)F.OO. The number of benzene rings is 4. The molecule has 39 heteroatoms. The number of aromatic nitrogens is 4. The number of nitrogens with zero attached hydrogens (tertiary/aromatic N) is 6. The van der Waals surface area contributed by atoms with Gasteiger partial charge in [0.25, 0.3) is 11.8 Å². The number of alkyl halides is 3. The number of alkyl carbamates (subject to hydrolysis) is 3. The molecule has 0 radical (unpaired) electrons. The van der Waals surface area contributed by atoms with Gasteiger partial charge in [0.2, 0.25) is 6.29 Å². The maximum atomic E-state index is 12.3. The Morgan fingerprint density at radius 3 is 1.02 bits per heavy atom. The van der Waals surface area contributed by atoms with Crippen LogP contribution in [0.4, 0.5) is 87.4 Å². The maximum absolute atomic E-state index is 12.3. The summed E-state index contributed by atoms with van der Waals surface area (Å²) < 4.78 is 64.9. The molecule has 4 saturated carbocycles. The average Bonchev–Trinajstić information content (AvgIpc) is 1.72. The zero-order chi connectivity index (χ0) is 91.7. The van der Waals surface area contributed by atoms with Gasteiger partial charge in [0.1, 0.15) is 48.9 Å². The van der Waals surface area contributed by atoms with E-state index in [1.807, 2.05) is 163 Å². The molecule has 0 aliphatic heterocycles. The van der Waals surface area contributed by atoms with Crippen molar-refractivity contribution in [3.05, 3.63) is 147 Å². The lowest BCUT2D eigenvalue weighted by Crippen LogP contribution is -2.49. The number of amides is 5. The summed E-state index contributed by atoms with van der Waals surface area (Å²) in [5.41, 5.74) is 32.5. The number of carbonyl (C=O) groups excluding carboxylic acids is 6. The smallest absolute Gasteiger partial charge is 0.444 e. The summed E-state index contributed by atoms with van der Waals surface area (Å²) in [4.78, 5) is 68.9. The van der Waals surface area contributed by atoms with E-state index < -0.39 is 47.2 Å². The van der Waals surface area contributed by atoms with E-state index in [-0.39, 0.29) is 60.5 Å². The van der Waals surface area contributed by atoms with E-state index in [4.69, 9.17) is 57.7 Å². The number of hydrogen-bond acceptors (Lipinski definition) is 30. The van der Waals surface area contributed by atoms with Crippen LogP contribution < -0.4 is 76.1 Å². The Kier molecular flexibility index (Phi) is 40.5. The Labute approximate surface area is 747 Å². The third-order valence-electron chi connectivity index (χ3n) is 18.9. The molecule has 674 valence electrons. The first-order chi connectivity index (χ1) is 58.5. The van der Waals surface area contributed by atoms with Crippen molar-refractivity contribution >= 4 is 158 Å². The molecule has 8 aromatic rings. The second-order valence-electron chi connectivity index (χ2n) is 32.9. The summed E-state index contributed by atoms with van der Waals surface area (Å²) in [6.07, 6.45) is 9.72. The average molecular weight is 1860 g/mol. The van der Waals surface area contributed by atoms with Gasteiger partial charge in [-0.1, -0.05) is 51.4 Å². The largest absolute Gasteiger partial charge is 0.446 e. The standard InChI is InChI=1S/C22H31N5O3S.C22H29N5O2S.C18H24BrN3O2.C17H23N5OS.C4H6N2S.C2HF3O.H2O2/c1-13-11-19(31-27-13)25-18-12-14(9-10-15(18)20(23)28)24-16-7-5-6-8-17(16)26-21(29)30-22(2,3)4;1-14-11-20(30-27-14)25-19-12-16(10-9-15(19)13-23)24-17-7-5-6-8-18(17)26-21(28)29-22(2,3)4;1-18(2,3)24-17(23)22-16-7-5-4-6-15(16)21-13-9-8-12(11-20)14(19)10-13;1-10-8-16(24-22-10)21-15-9-11(6-7-12(15)17(19)23)20-14-5-3-2-4-13(14)18;1-3-2-4(5)7-6-3;3-2(4,5)1-6;1-2/h9-12,16-17,24-25H,5-8H2,1-4H3,(H2,23,28)(H,26,29);9-12,17-18,24-25H,5-8H2,1-4H3,(H,26,28);8-10,15-16,21H,4-7H2,1-3H3,(H,22,23);6-9,13-14,20-21H,2-5,18H2,1H3,(H2,19,23);2H,5H2,1H3;1H;1-2H/t16-,17+;17-,18+;15-,16+;13-,14+;;;/m1110.../s1. The number of nitriles is 2. The highest BCUT2D eigenvalue weighted by Crippen LogP contribution is 2.35. The molecule has 12 rings (SSSR count). The van der Waals surface area contributed by atoms with Crippen LogP contribution in [0.15, 0.2) is 102 Å². The van der Waals surface area contributed by atoms with Crippen molar-refractivity contribution in [1.82, 2.24) is 33.4 Å². The van der Waals surface area contributed by atoms with Gasteiger partial charge in [0.05, 0.1) is 80.2 Å². The molecule has 20 N–H and O–H groups in total. The quantitative estimate of drug-likeness (QED) is 0.0155. The van der Waals surface area contributed by atoms with Gasteiger partial charge in [-0.25, -0.2) is 14.4 Å². The van der Waals surface area contributed by atoms with Crippen LogP contribution in [0.3, 0.4) is 0 Å². The number of rotatable bonds is 19. The predicted molar refractivity (Wildman–Crippen MR) is 490 cm³/mol. The molecule has 124 heavy (non-hydrogen) atoms. The number of nitrogens with one attached hydrogen (secondary N) is 10. The number of halogens is 4. The number of anilines is 11. The van der Waals surface area contributed by atoms with Crippen LogP contribution >= 0.6 is 62.1 Å². The Balaban J connectivity index is 0.000000242. The zero-order valence-electron chi connectivity index (χ0n) is 72.0. The highest BCUT2D eigenvalue weighted by Gasteiger charge is 2.33. The van der Waals surface area contributed by atoms with Crippen molar-refractivity contribution in [2.24, 2.45) is 17.2 Å². The lowest BCUT2D eigenvalue weighted by molar-refractivity contribution is -0.176. The van der Waals surface area contributed by atoms with E-state index in [1.165, 1.54) is 59.0 Å². The summed E-state index contributed by atoms with van der Waals surface area (Å²) in [6, 6.07) is 34.9. The van der Waals surface area contributed by atoms with Crippen LogP contribution in [-0.4, -0.2) is 136 Å². The number of nitrogens with two attached hydrogens (primary N) is 4. The van der Waals surface area contributed by atoms with Gasteiger partial charge in [0.15, 0.2) is 0 Å². The Morgan fingerprint density at radius 1 is 0.452 bits per heavy atom. The normalized spacial score (nSPS) is 18.4. The number of aldehydes is 1. The zero-order valence-corrected chi connectivity index (χ0v) is 76.8. The lowest BCUT2D eigenvalue weighted by atomic mass is 9.90. The molecule has 4 aliphatic rings. The van der Waals surface area contributed by atoms with Gasteiger partial charge >= 0.3 is 24.5 Å². The third-order valence-corrected chi connectivity index (χ3v) is 22.6. The van der Waals surface area contributed by atoms with Crippen molar-refractivity contribution in [3.63, 3.8) is 0 Å². The summed E-state index contributed by atoms with van der Waals surface area (Å²) in [5, 5.41) is 66.7. The number of hydrogen-bond donors (Lipinski definition) is 16. The Bertz CT molecular complexity index is 4850. The van der Waals surface area contributed by atoms with E-state index in [9.17, 15) is 42.4 Å². The molecule has 4 fully saturated rings. The minimum atomic E-state index is -4.64. The Morgan fingerprint density at radius 2 is 0.742 bits per heavy atom. The summed E-state index contributed by atoms with van der Waals surface area (Å²) in [7, 11) is 0. The summed E-state index contributed by atoms with van der Waals surface area (Å²) >= 11 is 8.78. The highest BCUT2D eigenvalue weighted by atomic mass is 79.9. The van der Waals surface area contributed by atoms with E-state index >= 15 is 0 Å². The molecule has 0 saturated heterocycles. The maximum Gasteiger partial charge on any atom is 0.446 e. The molecular weight excluding hydrogens is 1740 g/mol. The van der Waals surface area contributed by atoms with Gasteiger partial charge in [-0.3, -0.25) is 24.9 Å². The number of ether oxygens (including phenoxy) is 3. The van der Waals surface area contributed by atoms with Gasteiger partial charge in [-0.15, -0.1) is 0 Å². The third kappa shape index (κ3) is 37.0. The second kappa shape index (κ2) is 49.2. The van der Waals surface area contributed by atoms with Gasteiger partial charge < -0.3 is 90.3 Å². The highest BCUT2D eigenvalue weighted by molar-refractivity contribution is 9.10. The fourth-order valence-electron chi connectivity index (χ4n) is 13.5. The molecule has 0 unspecified atom stereocenters. The first-order valence-electron chi connectivity index (χ1n) is 40.4. The van der Waals surface area contributed by atoms with Crippen molar-refractivity contribution in [2.75, 3.05) is 43.0 Å². The molecule has 5 amide bonds. The first-order valence-corrected chi connectivity index (χ1v) is 44.3. The fraction of sp³-hybridized carbons (Fsp3) is 0.482. The number of aryl methyl sites for hydroxylation is 4. The number of carbonyl (C=O) groups is 6. The molecule has 0 bridgehead atoms. The van der Waals surface area contributed by atoms with Gasteiger partial charge in [0, 0.05) is 57.4 Å². The van der Waals surface area contributed by atoms with Crippen LogP contribution in [0.2, 0.25) is 0 Å². The van der Waals surface area contributed by atoms with Crippen molar-refractivity contribution in [1.29, 1.82) is 10.5 Å². The molecule has 4 aromatic heterocycles. The molecule has 0 spiro atoms. The molecular formula is C85H116BrF3N20O11S4. The number of primary amides is 2. The first kappa shape index (κ1) is 102. The summed E-state index contributed by atoms with van der Waals surface area (Å²) in [5.74, 6) is -0.961.